The summed E-state index contributed by atoms with van der Waals surface area (Å²) in [4.78, 5) is 16.3. The third-order valence-corrected chi connectivity index (χ3v) is 4.29. The number of aromatic nitrogens is 1. The molecular weight excluding hydrogens is 314 g/mol. The van der Waals surface area contributed by atoms with Gasteiger partial charge in [0.05, 0.1) is 16.1 Å². The summed E-state index contributed by atoms with van der Waals surface area (Å²) < 4.78 is 0.619. The Morgan fingerprint density at radius 2 is 2.33 bits per heavy atom. The summed E-state index contributed by atoms with van der Waals surface area (Å²) in [5, 5.41) is 5.65. The number of anilines is 1. The number of nitrogen functional groups attached to an aromatic ring is 1. The first-order valence-corrected chi connectivity index (χ1v) is 7.01. The number of halogens is 1. The Kier molecular flexibility index (Phi) is 3.98. The first-order valence-electron chi connectivity index (χ1n) is 5.34. The molecule has 2 rings (SSSR count). The van der Waals surface area contributed by atoms with E-state index in [9.17, 15) is 4.79 Å². The minimum Gasteiger partial charge on any atom is -0.398 e. The first kappa shape index (κ1) is 13.0. The van der Waals surface area contributed by atoms with Gasteiger partial charge in [0.1, 0.15) is 5.01 Å². The molecule has 0 spiro atoms. The number of amides is 1. The molecule has 94 valence electrons. The van der Waals surface area contributed by atoms with E-state index in [1.165, 1.54) is 11.3 Å². The topological polar surface area (TPSA) is 68.0 Å². The number of hydrogen-bond donors (Lipinski definition) is 2. The number of hydrogen-bond acceptors (Lipinski definition) is 4. The molecule has 0 fully saturated rings. The molecule has 0 aliphatic carbocycles. The van der Waals surface area contributed by atoms with Gasteiger partial charge in [0.2, 0.25) is 0 Å². The molecule has 0 aliphatic heterocycles. The minimum atomic E-state index is -0.170. The third kappa shape index (κ3) is 2.70. The van der Waals surface area contributed by atoms with Crippen LogP contribution in [0.1, 0.15) is 28.3 Å². The number of rotatable bonds is 3. The second kappa shape index (κ2) is 5.49. The van der Waals surface area contributed by atoms with Crippen molar-refractivity contribution < 1.29 is 4.79 Å². The zero-order valence-corrected chi connectivity index (χ0v) is 12.1. The molecule has 1 atom stereocenters. The van der Waals surface area contributed by atoms with Crippen LogP contribution in [0.4, 0.5) is 5.69 Å². The van der Waals surface area contributed by atoms with Crippen LogP contribution in [0.25, 0.3) is 0 Å². The van der Waals surface area contributed by atoms with E-state index in [2.05, 4.69) is 26.2 Å². The minimum absolute atomic E-state index is 0.120. The predicted molar refractivity (Wildman–Crippen MR) is 76.5 cm³/mol. The Labute approximate surface area is 117 Å². The fourth-order valence-electron chi connectivity index (χ4n) is 1.51. The molecule has 0 radical (unpaired) electrons. The van der Waals surface area contributed by atoms with E-state index in [4.69, 9.17) is 5.73 Å². The number of nitrogens with one attached hydrogen (secondary N) is 1. The lowest BCUT2D eigenvalue weighted by atomic mass is 10.2. The number of thiazole rings is 1. The molecule has 18 heavy (non-hydrogen) atoms. The molecular formula is C12H12BrN3OS. The van der Waals surface area contributed by atoms with Crippen molar-refractivity contribution in [2.75, 3.05) is 5.73 Å². The fourth-order valence-corrected chi connectivity index (χ4v) is 2.60. The summed E-state index contributed by atoms with van der Waals surface area (Å²) in [7, 11) is 0. The van der Waals surface area contributed by atoms with Gasteiger partial charge in [-0.25, -0.2) is 4.98 Å². The van der Waals surface area contributed by atoms with Crippen molar-refractivity contribution in [3.8, 4) is 0 Å². The van der Waals surface area contributed by atoms with E-state index < -0.39 is 0 Å². The molecule has 0 bridgehead atoms. The summed E-state index contributed by atoms with van der Waals surface area (Å²) in [5.41, 5.74) is 6.82. The van der Waals surface area contributed by atoms with Crippen LogP contribution < -0.4 is 11.1 Å². The van der Waals surface area contributed by atoms with Crippen molar-refractivity contribution in [2.24, 2.45) is 0 Å². The predicted octanol–water partition coefficient (Wildman–Crippen LogP) is 2.98. The standard InChI is InChI=1S/C12H12BrN3OS/c1-7(12-15-5-6-18-12)16-11(17)8-3-2-4-9(14)10(8)13/h2-7H,14H2,1H3,(H,16,17). The fraction of sp³-hybridized carbons (Fsp3) is 0.167. The zero-order chi connectivity index (χ0) is 13.1. The highest BCUT2D eigenvalue weighted by atomic mass is 79.9. The highest BCUT2D eigenvalue weighted by molar-refractivity contribution is 9.10. The molecule has 3 N–H and O–H groups in total. The molecule has 1 aromatic heterocycles. The van der Waals surface area contributed by atoms with Crippen LogP contribution in [-0.2, 0) is 0 Å². The lowest BCUT2D eigenvalue weighted by Crippen LogP contribution is -2.27. The second-order valence-corrected chi connectivity index (χ2v) is 5.49. The average molecular weight is 326 g/mol. The van der Waals surface area contributed by atoms with Crippen LogP contribution in [0.2, 0.25) is 0 Å². The number of benzene rings is 1. The molecule has 6 heteroatoms. The highest BCUT2D eigenvalue weighted by Crippen LogP contribution is 2.24. The molecule has 0 aliphatic rings. The Morgan fingerprint density at radius 3 is 3.00 bits per heavy atom. The van der Waals surface area contributed by atoms with Crippen LogP contribution in [-0.4, -0.2) is 10.9 Å². The van der Waals surface area contributed by atoms with Gasteiger partial charge in [-0.1, -0.05) is 6.07 Å². The number of carbonyl (C=O) groups is 1. The van der Waals surface area contributed by atoms with Gasteiger partial charge in [0.25, 0.3) is 5.91 Å². The summed E-state index contributed by atoms with van der Waals surface area (Å²) in [6.45, 7) is 1.90. The Hall–Kier alpha value is -1.40. The summed E-state index contributed by atoms with van der Waals surface area (Å²) >= 11 is 4.83. The van der Waals surface area contributed by atoms with E-state index in [1.807, 2.05) is 12.3 Å². The summed E-state index contributed by atoms with van der Waals surface area (Å²) in [5.74, 6) is -0.170. The van der Waals surface area contributed by atoms with Crippen LogP contribution >= 0.6 is 27.3 Å². The Bertz CT molecular complexity index is 556. The average Bonchev–Trinajstić information content (AvgIpc) is 2.86. The summed E-state index contributed by atoms with van der Waals surface area (Å²) in [6.07, 6.45) is 1.72. The normalized spacial score (nSPS) is 12.1. The Morgan fingerprint density at radius 1 is 1.56 bits per heavy atom. The number of nitrogens with zero attached hydrogens (tertiary/aromatic N) is 1. The van der Waals surface area contributed by atoms with E-state index >= 15 is 0 Å². The van der Waals surface area contributed by atoms with Gasteiger partial charge in [0, 0.05) is 17.3 Å². The van der Waals surface area contributed by atoms with Crippen molar-refractivity contribution in [1.29, 1.82) is 0 Å². The maximum Gasteiger partial charge on any atom is 0.253 e. The van der Waals surface area contributed by atoms with Crippen molar-refractivity contribution in [3.05, 3.63) is 44.8 Å². The molecule has 4 nitrogen and oxygen atoms in total. The number of carbonyl (C=O) groups excluding carboxylic acids is 1. The zero-order valence-electron chi connectivity index (χ0n) is 9.68. The molecule has 1 unspecified atom stereocenters. The van der Waals surface area contributed by atoms with Crippen molar-refractivity contribution >= 4 is 38.9 Å². The molecule has 1 amide bonds. The van der Waals surface area contributed by atoms with E-state index in [0.717, 1.165) is 5.01 Å². The van der Waals surface area contributed by atoms with Crippen molar-refractivity contribution in [2.45, 2.75) is 13.0 Å². The maximum absolute atomic E-state index is 12.1. The van der Waals surface area contributed by atoms with Crippen LogP contribution in [0.5, 0.6) is 0 Å². The van der Waals surface area contributed by atoms with Gasteiger partial charge >= 0.3 is 0 Å². The van der Waals surface area contributed by atoms with Crippen molar-refractivity contribution in [3.63, 3.8) is 0 Å². The van der Waals surface area contributed by atoms with Crippen molar-refractivity contribution in [1.82, 2.24) is 10.3 Å². The largest absolute Gasteiger partial charge is 0.398 e. The van der Waals surface area contributed by atoms with Gasteiger partial charge in [-0.15, -0.1) is 11.3 Å². The lowest BCUT2D eigenvalue weighted by Gasteiger charge is -2.12. The number of nitrogens with two attached hydrogens (primary N) is 1. The molecule has 0 saturated heterocycles. The molecule has 2 aromatic rings. The first-order chi connectivity index (χ1) is 8.59. The van der Waals surface area contributed by atoms with Gasteiger partial charge in [0.15, 0.2) is 0 Å². The van der Waals surface area contributed by atoms with E-state index in [-0.39, 0.29) is 11.9 Å². The van der Waals surface area contributed by atoms with Crippen LogP contribution in [0.15, 0.2) is 34.2 Å². The van der Waals surface area contributed by atoms with Gasteiger partial charge < -0.3 is 11.1 Å². The summed E-state index contributed by atoms with van der Waals surface area (Å²) in [6, 6.07) is 5.10. The molecule has 1 aromatic carbocycles. The molecule has 1 heterocycles. The van der Waals surface area contributed by atoms with Gasteiger partial charge in [-0.3, -0.25) is 4.79 Å². The molecule has 0 saturated carbocycles. The Balaban J connectivity index is 2.15. The van der Waals surface area contributed by atoms with Crippen LogP contribution in [0, 0.1) is 0 Å². The lowest BCUT2D eigenvalue weighted by molar-refractivity contribution is 0.0939. The van der Waals surface area contributed by atoms with Gasteiger partial charge in [-0.2, -0.15) is 0 Å². The van der Waals surface area contributed by atoms with Crippen LogP contribution in [0.3, 0.4) is 0 Å². The maximum atomic E-state index is 12.1. The highest BCUT2D eigenvalue weighted by Gasteiger charge is 2.16. The second-order valence-electron chi connectivity index (χ2n) is 3.77. The third-order valence-electron chi connectivity index (χ3n) is 2.44. The SMILES string of the molecule is CC(NC(=O)c1cccc(N)c1Br)c1nccs1. The van der Waals surface area contributed by atoms with E-state index in [1.54, 1.807) is 24.4 Å². The van der Waals surface area contributed by atoms with E-state index in [0.29, 0.717) is 15.7 Å². The monoisotopic (exact) mass is 325 g/mol. The quantitative estimate of drug-likeness (QED) is 0.852. The smallest absolute Gasteiger partial charge is 0.253 e. The van der Waals surface area contributed by atoms with Gasteiger partial charge in [-0.05, 0) is 35.0 Å².